The molecule has 0 bridgehead atoms. The number of esters is 1. The van der Waals surface area contributed by atoms with Crippen LogP contribution in [0.4, 0.5) is 11.4 Å². The third-order valence-electron chi connectivity index (χ3n) is 4.29. The van der Waals surface area contributed by atoms with Crippen molar-refractivity contribution in [1.29, 1.82) is 0 Å². The van der Waals surface area contributed by atoms with Gasteiger partial charge in [-0.25, -0.2) is 13.2 Å². The van der Waals surface area contributed by atoms with Gasteiger partial charge in [-0.2, -0.15) is 0 Å². The number of hydrogen-bond donors (Lipinski definition) is 2. The van der Waals surface area contributed by atoms with Crippen molar-refractivity contribution in [1.82, 2.24) is 0 Å². The van der Waals surface area contributed by atoms with Crippen molar-refractivity contribution in [3.8, 4) is 16.2 Å². The lowest BCUT2D eigenvalue weighted by Gasteiger charge is -2.12. The van der Waals surface area contributed by atoms with E-state index in [1.807, 2.05) is 30.3 Å². The standard InChI is InChI=1S/C22H22N2O6S2/c1-4-30-22(26)21-18(13-20(31-21)15-8-6-5-7-9-15)24-32(27,28)16-10-11-17(23-14(2)25)19(12-16)29-3/h5-13,24H,4H2,1-3H3,(H,23,25). The van der Waals surface area contributed by atoms with E-state index in [0.29, 0.717) is 10.6 Å². The highest BCUT2D eigenvalue weighted by atomic mass is 32.2. The van der Waals surface area contributed by atoms with Gasteiger partial charge in [0, 0.05) is 17.9 Å². The first-order chi connectivity index (χ1) is 15.2. The van der Waals surface area contributed by atoms with Gasteiger partial charge >= 0.3 is 5.97 Å². The summed E-state index contributed by atoms with van der Waals surface area (Å²) in [6.45, 7) is 3.17. The normalized spacial score (nSPS) is 11.0. The zero-order valence-corrected chi connectivity index (χ0v) is 19.3. The van der Waals surface area contributed by atoms with Crippen molar-refractivity contribution in [3.05, 3.63) is 59.5 Å². The molecular weight excluding hydrogens is 452 g/mol. The van der Waals surface area contributed by atoms with Crippen LogP contribution in [0.5, 0.6) is 5.75 Å². The molecule has 8 nitrogen and oxygen atoms in total. The summed E-state index contributed by atoms with van der Waals surface area (Å²) in [5.41, 5.74) is 1.31. The minimum atomic E-state index is -4.07. The Morgan fingerprint density at radius 2 is 1.75 bits per heavy atom. The summed E-state index contributed by atoms with van der Waals surface area (Å²) in [5, 5.41) is 2.57. The summed E-state index contributed by atoms with van der Waals surface area (Å²) in [5.74, 6) is -0.747. The van der Waals surface area contributed by atoms with Crippen LogP contribution in [0.1, 0.15) is 23.5 Å². The van der Waals surface area contributed by atoms with Gasteiger partial charge in [0.25, 0.3) is 10.0 Å². The van der Waals surface area contributed by atoms with Gasteiger partial charge in [0.1, 0.15) is 10.6 Å². The highest BCUT2D eigenvalue weighted by Gasteiger charge is 2.24. The molecule has 0 aliphatic rings. The van der Waals surface area contributed by atoms with Gasteiger partial charge in [0.2, 0.25) is 5.91 Å². The van der Waals surface area contributed by atoms with E-state index in [2.05, 4.69) is 10.0 Å². The summed E-state index contributed by atoms with van der Waals surface area (Å²) in [7, 11) is -2.71. The second kappa shape index (κ2) is 9.84. The molecule has 0 spiro atoms. The van der Waals surface area contributed by atoms with Crippen LogP contribution in [0.15, 0.2) is 59.5 Å². The van der Waals surface area contributed by atoms with Crippen LogP contribution in [0.2, 0.25) is 0 Å². The third-order valence-corrected chi connectivity index (χ3v) is 6.82. The van der Waals surface area contributed by atoms with E-state index in [-0.39, 0.29) is 33.7 Å². The van der Waals surface area contributed by atoms with Crippen molar-refractivity contribution in [2.45, 2.75) is 18.7 Å². The van der Waals surface area contributed by atoms with Gasteiger partial charge in [0.05, 0.1) is 30.0 Å². The Bertz CT molecular complexity index is 1240. The van der Waals surface area contributed by atoms with E-state index in [0.717, 1.165) is 16.9 Å². The molecule has 0 aliphatic heterocycles. The first-order valence-electron chi connectivity index (χ1n) is 9.60. The minimum absolute atomic E-state index is 0.0919. The highest BCUT2D eigenvalue weighted by Crippen LogP contribution is 2.37. The topological polar surface area (TPSA) is 111 Å². The Morgan fingerprint density at radius 1 is 1.03 bits per heavy atom. The van der Waals surface area contributed by atoms with E-state index in [4.69, 9.17) is 9.47 Å². The molecule has 0 aliphatic carbocycles. The minimum Gasteiger partial charge on any atom is -0.495 e. The second-order valence-corrected chi connectivity index (χ2v) is 9.32. The number of nitrogens with one attached hydrogen (secondary N) is 2. The second-order valence-electron chi connectivity index (χ2n) is 6.59. The van der Waals surface area contributed by atoms with Crippen LogP contribution >= 0.6 is 11.3 Å². The zero-order chi connectivity index (χ0) is 23.3. The predicted octanol–water partition coefficient (Wildman–Crippen LogP) is 4.36. The van der Waals surface area contributed by atoms with E-state index in [1.165, 1.54) is 32.2 Å². The van der Waals surface area contributed by atoms with Crippen LogP contribution in [0, 0.1) is 0 Å². The molecule has 2 aromatic carbocycles. The monoisotopic (exact) mass is 474 g/mol. The first-order valence-corrected chi connectivity index (χ1v) is 11.9. The van der Waals surface area contributed by atoms with Gasteiger partial charge in [-0.1, -0.05) is 30.3 Å². The Kier molecular flexibility index (Phi) is 7.16. The molecule has 168 valence electrons. The molecule has 0 radical (unpaired) electrons. The number of carbonyl (C=O) groups excluding carboxylic acids is 2. The molecule has 3 rings (SSSR count). The van der Waals surface area contributed by atoms with Gasteiger partial charge < -0.3 is 14.8 Å². The fourth-order valence-electron chi connectivity index (χ4n) is 2.90. The van der Waals surface area contributed by atoms with Gasteiger partial charge in [0.15, 0.2) is 0 Å². The zero-order valence-electron chi connectivity index (χ0n) is 17.7. The van der Waals surface area contributed by atoms with Crippen LogP contribution in [0.25, 0.3) is 10.4 Å². The molecule has 0 unspecified atom stereocenters. The first kappa shape index (κ1) is 23.3. The Morgan fingerprint density at radius 3 is 2.38 bits per heavy atom. The number of carbonyl (C=O) groups is 2. The summed E-state index contributed by atoms with van der Waals surface area (Å²) in [6, 6.07) is 15.0. The van der Waals surface area contributed by atoms with E-state index < -0.39 is 16.0 Å². The smallest absolute Gasteiger partial charge is 0.350 e. The predicted molar refractivity (Wildman–Crippen MR) is 124 cm³/mol. The summed E-state index contributed by atoms with van der Waals surface area (Å²) < 4.78 is 39.0. The third kappa shape index (κ3) is 5.27. The maximum Gasteiger partial charge on any atom is 0.350 e. The number of methoxy groups -OCH3 is 1. The fraction of sp³-hybridized carbons (Fsp3) is 0.182. The maximum absolute atomic E-state index is 13.1. The number of ether oxygens (including phenoxy) is 2. The molecule has 0 saturated heterocycles. The van der Waals surface area contributed by atoms with E-state index >= 15 is 0 Å². The van der Waals surface area contributed by atoms with Crippen molar-refractivity contribution in [2.24, 2.45) is 0 Å². The average Bonchev–Trinajstić information content (AvgIpc) is 3.17. The number of benzene rings is 2. The van der Waals surface area contributed by atoms with E-state index in [1.54, 1.807) is 13.0 Å². The van der Waals surface area contributed by atoms with Crippen LogP contribution in [-0.2, 0) is 19.6 Å². The maximum atomic E-state index is 13.1. The fourth-order valence-corrected chi connectivity index (χ4v) is 5.05. The molecule has 10 heteroatoms. The van der Waals surface area contributed by atoms with Gasteiger partial charge in [-0.05, 0) is 30.7 Å². The van der Waals surface area contributed by atoms with Crippen molar-refractivity contribution < 1.29 is 27.5 Å². The quantitative estimate of drug-likeness (QED) is 0.469. The number of hydrogen-bond acceptors (Lipinski definition) is 7. The van der Waals surface area contributed by atoms with Gasteiger partial charge in [-0.15, -0.1) is 11.3 Å². The van der Waals surface area contributed by atoms with Crippen molar-refractivity contribution >= 4 is 44.6 Å². The largest absolute Gasteiger partial charge is 0.495 e. The van der Waals surface area contributed by atoms with Crippen molar-refractivity contribution in [2.75, 3.05) is 23.8 Å². The Labute approximate surface area is 190 Å². The average molecular weight is 475 g/mol. The molecule has 1 heterocycles. The number of sulfonamides is 1. The highest BCUT2D eigenvalue weighted by molar-refractivity contribution is 7.92. The lowest BCUT2D eigenvalue weighted by atomic mass is 10.2. The number of anilines is 2. The summed E-state index contributed by atoms with van der Waals surface area (Å²) in [6.07, 6.45) is 0. The van der Waals surface area contributed by atoms with Crippen LogP contribution in [0.3, 0.4) is 0 Å². The van der Waals surface area contributed by atoms with Crippen molar-refractivity contribution in [3.63, 3.8) is 0 Å². The summed E-state index contributed by atoms with van der Waals surface area (Å²) in [4.78, 5) is 24.6. The Hall–Kier alpha value is -3.37. The SMILES string of the molecule is CCOC(=O)c1sc(-c2ccccc2)cc1NS(=O)(=O)c1ccc(NC(C)=O)c(OC)c1. The molecule has 0 atom stereocenters. The number of rotatable bonds is 8. The Balaban J connectivity index is 2.00. The van der Waals surface area contributed by atoms with Gasteiger partial charge in [-0.3, -0.25) is 9.52 Å². The molecule has 3 aromatic rings. The molecular formula is C22H22N2O6S2. The molecule has 1 aromatic heterocycles. The lowest BCUT2D eigenvalue weighted by molar-refractivity contribution is -0.114. The molecule has 0 saturated carbocycles. The number of amides is 1. The molecule has 1 amide bonds. The van der Waals surface area contributed by atoms with Crippen LogP contribution in [-0.4, -0.2) is 34.0 Å². The summed E-state index contributed by atoms with van der Waals surface area (Å²) >= 11 is 1.14. The molecule has 2 N–H and O–H groups in total. The molecule has 32 heavy (non-hydrogen) atoms. The van der Waals surface area contributed by atoms with E-state index in [9.17, 15) is 18.0 Å². The number of thiophene rings is 1. The molecule has 0 fully saturated rings. The lowest BCUT2D eigenvalue weighted by Crippen LogP contribution is -2.15. The van der Waals surface area contributed by atoms with Crippen LogP contribution < -0.4 is 14.8 Å².